The van der Waals surface area contributed by atoms with Crippen LogP contribution in [0.25, 0.3) is 0 Å². The van der Waals surface area contributed by atoms with Gasteiger partial charge in [0.15, 0.2) is 11.6 Å². The van der Waals surface area contributed by atoms with E-state index in [1.165, 1.54) is 6.08 Å². The molecule has 4 rings (SSSR count). The van der Waals surface area contributed by atoms with Crippen LogP contribution >= 0.6 is 15.9 Å². The minimum Gasteiger partial charge on any atom is -0.447 e. The van der Waals surface area contributed by atoms with Gasteiger partial charge in [-0.15, -0.1) is 0 Å². The number of aliphatic hydroxyl groups is 2. The summed E-state index contributed by atoms with van der Waals surface area (Å²) >= 11 is 3.35. The topological polar surface area (TPSA) is 113 Å². The summed E-state index contributed by atoms with van der Waals surface area (Å²) in [5.41, 5.74) is 1.76. The second-order valence-electron chi connectivity index (χ2n) is 11.4. The van der Waals surface area contributed by atoms with Crippen molar-refractivity contribution >= 4 is 33.7 Å². The zero-order valence-electron chi connectivity index (χ0n) is 24.5. The molecule has 2 aromatic carbocycles. The standard InChI is InChI=1S/C34H42BrNO7/c35-30-23-29(38)31(43-34(30,41)19-13-5-3-1-2-4-6-14-20-37)28(22-26-17-11-8-12-18-26)32(39)36-27(24-42-33(36)40)21-25-15-9-7-10-16-25/h7-12,15-18,23,27-28,31,37,41H,1-6,13-14,19-22,24H2. The maximum absolute atomic E-state index is 14.2. The molecule has 0 aliphatic carbocycles. The highest BCUT2D eigenvalue weighted by Gasteiger charge is 2.49. The average molecular weight is 657 g/mol. The Morgan fingerprint density at radius 2 is 1.49 bits per heavy atom. The first-order valence-electron chi connectivity index (χ1n) is 15.3. The van der Waals surface area contributed by atoms with Crippen molar-refractivity contribution in [3.63, 3.8) is 0 Å². The van der Waals surface area contributed by atoms with Crippen LogP contribution in [-0.4, -0.2) is 64.0 Å². The molecule has 4 unspecified atom stereocenters. The van der Waals surface area contributed by atoms with E-state index in [-0.39, 0.29) is 30.5 Å². The molecule has 9 heteroatoms. The zero-order chi connectivity index (χ0) is 30.7. The van der Waals surface area contributed by atoms with Crippen LogP contribution in [0.2, 0.25) is 0 Å². The fourth-order valence-corrected chi connectivity index (χ4v) is 6.29. The number of cyclic esters (lactones) is 1. The van der Waals surface area contributed by atoms with Crippen LogP contribution in [0.1, 0.15) is 68.9 Å². The maximum atomic E-state index is 14.2. The smallest absolute Gasteiger partial charge is 0.416 e. The molecule has 8 nitrogen and oxygen atoms in total. The van der Waals surface area contributed by atoms with Gasteiger partial charge >= 0.3 is 6.09 Å². The van der Waals surface area contributed by atoms with Gasteiger partial charge in [0.25, 0.3) is 0 Å². The Morgan fingerprint density at radius 3 is 2.12 bits per heavy atom. The van der Waals surface area contributed by atoms with E-state index in [9.17, 15) is 19.5 Å². The lowest BCUT2D eigenvalue weighted by Gasteiger charge is -2.38. The second-order valence-corrected chi connectivity index (χ2v) is 12.3. The summed E-state index contributed by atoms with van der Waals surface area (Å²) < 4.78 is 11.7. The number of carbonyl (C=O) groups excluding carboxylic acids is 3. The lowest BCUT2D eigenvalue weighted by atomic mass is 9.87. The molecule has 232 valence electrons. The van der Waals surface area contributed by atoms with Crippen LogP contribution < -0.4 is 0 Å². The van der Waals surface area contributed by atoms with Crippen LogP contribution in [0.3, 0.4) is 0 Å². The Hall–Kier alpha value is -2.85. The highest BCUT2D eigenvalue weighted by molar-refractivity contribution is 9.11. The van der Waals surface area contributed by atoms with E-state index in [2.05, 4.69) is 15.9 Å². The Kier molecular flexibility index (Phi) is 12.5. The summed E-state index contributed by atoms with van der Waals surface area (Å²) in [7, 11) is 0. The first kappa shape index (κ1) is 33.1. The number of carbonyl (C=O) groups is 3. The number of imide groups is 1. The Morgan fingerprint density at radius 1 is 0.907 bits per heavy atom. The van der Waals surface area contributed by atoms with E-state index in [0.717, 1.165) is 61.0 Å². The van der Waals surface area contributed by atoms with Crippen molar-refractivity contribution in [3.05, 3.63) is 82.3 Å². The number of unbranched alkanes of at least 4 members (excludes halogenated alkanes) is 7. The van der Waals surface area contributed by atoms with Gasteiger partial charge in [-0.3, -0.25) is 9.59 Å². The second kappa shape index (κ2) is 16.3. The van der Waals surface area contributed by atoms with Crippen molar-refractivity contribution < 1.29 is 34.1 Å². The van der Waals surface area contributed by atoms with Gasteiger partial charge in [0.05, 0.1) is 16.4 Å². The number of ether oxygens (including phenoxy) is 2. The molecule has 1 saturated heterocycles. The first-order valence-corrected chi connectivity index (χ1v) is 16.1. The van der Waals surface area contributed by atoms with Crippen molar-refractivity contribution in [1.82, 2.24) is 4.90 Å². The molecule has 0 bridgehead atoms. The fraction of sp³-hybridized carbons (Fsp3) is 0.500. The predicted octanol–water partition coefficient (Wildman–Crippen LogP) is 5.87. The van der Waals surface area contributed by atoms with Crippen LogP contribution in [0.15, 0.2) is 71.2 Å². The molecule has 2 heterocycles. The fourth-order valence-electron chi connectivity index (χ4n) is 5.78. The summed E-state index contributed by atoms with van der Waals surface area (Å²) in [6, 6.07) is 18.3. The van der Waals surface area contributed by atoms with E-state index in [4.69, 9.17) is 14.6 Å². The zero-order valence-corrected chi connectivity index (χ0v) is 26.1. The molecule has 2 aromatic rings. The van der Waals surface area contributed by atoms with Gasteiger partial charge in [-0.2, -0.15) is 0 Å². The minimum atomic E-state index is -1.76. The van der Waals surface area contributed by atoms with Gasteiger partial charge in [-0.1, -0.05) is 99.2 Å². The van der Waals surface area contributed by atoms with E-state index >= 15 is 0 Å². The van der Waals surface area contributed by atoms with Crippen molar-refractivity contribution in [2.45, 2.75) is 88.6 Å². The van der Waals surface area contributed by atoms with Gasteiger partial charge in [0, 0.05) is 13.0 Å². The van der Waals surface area contributed by atoms with E-state index in [0.29, 0.717) is 12.8 Å². The molecule has 1 fully saturated rings. The Balaban J connectivity index is 1.49. The third kappa shape index (κ3) is 9.08. The number of nitrogens with zero attached hydrogens (tertiary/aromatic N) is 1. The van der Waals surface area contributed by atoms with Gasteiger partial charge < -0.3 is 19.7 Å². The summed E-state index contributed by atoms with van der Waals surface area (Å²) in [5.74, 6) is -3.81. The number of aliphatic hydroxyl groups excluding tert-OH is 1. The molecule has 0 radical (unpaired) electrons. The molecule has 2 amide bonds. The lowest BCUT2D eigenvalue weighted by Crippen LogP contribution is -2.53. The highest BCUT2D eigenvalue weighted by atomic mass is 79.9. The van der Waals surface area contributed by atoms with Gasteiger partial charge in [0.1, 0.15) is 12.7 Å². The lowest BCUT2D eigenvalue weighted by molar-refractivity contribution is -0.218. The van der Waals surface area contributed by atoms with Crippen molar-refractivity contribution in [3.8, 4) is 0 Å². The summed E-state index contributed by atoms with van der Waals surface area (Å²) in [6.07, 6.45) is 7.83. The third-order valence-corrected chi connectivity index (χ3v) is 9.01. The molecular weight excluding hydrogens is 614 g/mol. The van der Waals surface area contributed by atoms with Crippen molar-refractivity contribution in [1.29, 1.82) is 0 Å². The molecule has 0 spiro atoms. The van der Waals surface area contributed by atoms with Crippen LogP contribution in [0.5, 0.6) is 0 Å². The van der Waals surface area contributed by atoms with Crippen molar-refractivity contribution in [2.75, 3.05) is 13.2 Å². The molecule has 2 N–H and O–H groups in total. The van der Waals surface area contributed by atoms with E-state index < -0.39 is 41.6 Å². The quantitative estimate of drug-likeness (QED) is 0.217. The van der Waals surface area contributed by atoms with Gasteiger partial charge in [-0.05, 0) is 58.8 Å². The highest BCUT2D eigenvalue weighted by Crippen LogP contribution is 2.38. The molecule has 4 atom stereocenters. The molecule has 0 aromatic heterocycles. The molecule has 2 aliphatic rings. The minimum absolute atomic E-state index is 0.0633. The Labute approximate surface area is 262 Å². The van der Waals surface area contributed by atoms with E-state index in [1.54, 1.807) is 0 Å². The number of amides is 2. The van der Waals surface area contributed by atoms with Gasteiger partial charge in [0.2, 0.25) is 5.91 Å². The van der Waals surface area contributed by atoms with Crippen LogP contribution in [-0.2, 0) is 31.9 Å². The number of hydrogen-bond acceptors (Lipinski definition) is 7. The van der Waals surface area contributed by atoms with E-state index in [1.807, 2.05) is 60.7 Å². The molecular formula is C34H42BrNO7. The largest absolute Gasteiger partial charge is 0.447 e. The van der Waals surface area contributed by atoms with Crippen molar-refractivity contribution in [2.24, 2.45) is 5.92 Å². The molecule has 43 heavy (non-hydrogen) atoms. The molecule has 0 saturated carbocycles. The summed E-state index contributed by atoms with van der Waals surface area (Å²) in [4.78, 5) is 41.6. The maximum Gasteiger partial charge on any atom is 0.416 e. The number of ketones is 1. The monoisotopic (exact) mass is 655 g/mol. The van der Waals surface area contributed by atoms with Crippen LogP contribution in [0.4, 0.5) is 4.79 Å². The SMILES string of the molecule is O=C1C=C(Br)C(O)(CCCCCCCCCCO)OC1C(Cc1ccccc1)C(=O)N1C(=O)OCC1Cc1ccccc1. The Bertz CT molecular complexity index is 1240. The number of benzene rings is 2. The molecule has 2 aliphatic heterocycles. The normalized spacial score (nSPS) is 22.8. The summed E-state index contributed by atoms with van der Waals surface area (Å²) in [5, 5.41) is 20.5. The average Bonchev–Trinajstić information content (AvgIpc) is 3.37. The number of hydrogen-bond donors (Lipinski definition) is 2. The predicted molar refractivity (Wildman–Crippen MR) is 166 cm³/mol. The number of halogens is 1. The van der Waals surface area contributed by atoms with Gasteiger partial charge in [-0.25, -0.2) is 9.69 Å². The summed E-state index contributed by atoms with van der Waals surface area (Å²) in [6.45, 7) is 0.298. The number of rotatable bonds is 16. The van der Waals surface area contributed by atoms with Crippen LogP contribution in [0, 0.1) is 5.92 Å². The third-order valence-electron chi connectivity index (χ3n) is 8.16. The first-order chi connectivity index (χ1) is 20.8.